The lowest BCUT2D eigenvalue weighted by atomic mass is 10.1. The van der Waals surface area contributed by atoms with Crippen LogP contribution >= 0.6 is 23.5 Å². The average molecular weight is 472 g/mol. The van der Waals surface area contributed by atoms with E-state index in [0.717, 1.165) is 26.8 Å². The fraction of sp³-hybridized carbons (Fsp3) is 0.148. The lowest BCUT2D eigenvalue weighted by Crippen LogP contribution is -2.16. The maximum atomic E-state index is 13.3. The summed E-state index contributed by atoms with van der Waals surface area (Å²) in [6.45, 7) is 6.17. The molecule has 0 bridgehead atoms. The maximum Gasteiger partial charge on any atom is 0.275 e. The maximum absolute atomic E-state index is 13.3. The SMILES string of the molecule is Cc1cccc(CSc2ncc(Sc3ccccc3)c(C(=O)Nc3ccc(C)c(C)c3)n2)c1. The molecule has 1 aromatic heterocycles. The number of hydrogen-bond donors (Lipinski definition) is 1. The fourth-order valence-corrected chi connectivity index (χ4v) is 4.88. The summed E-state index contributed by atoms with van der Waals surface area (Å²) >= 11 is 3.02. The first-order valence-electron chi connectivity index (χ1n) is 10.6. The molecule has 0 saturated carbocycles. The van der Waals surface area contributed by atoms with Crippen LogP contribution in [-0.2, 0) is 5.75 Å². The van der Waals surface area contributed by atoms with Gasteiger partial charge >= 0.3 is 0 Å². The quantitative estimate of drug-likeness (QED) is 0.230. The van der Waals surface area contributed by atoms with E-state index in [2.05, 4.69) is 47.3 Å². The zero-order valence-corrected chi connectivity index (χ0v) is 20.5. The van der Waals surface area contributed by atoms with Gasteiger partial charge in [-0.15, -0.1) is 0 Å². The van der Waals surface area contributed by atoms with Crippen LogP contribution in [0.2, 0.25) is 0 Å². The molecule has 0 saturated heterocycles. The molecule has 0 atom stereocenters. The average Bonchev–Trinajstić information content (AvgIpc) is 2.81. The van der Waals surface area contributed by atoms with E-state index in [1.165, 1.54) is 40.2 Å². The van der Waals surface area contributed by atoms with Crippen molar-refractivity contribution < 1.29 is 4.79 Å². The van der Waals surface area contributed by atoms with E-state index in [0.29, 0.717) is 10.9 Å². The summed E-state index contributed by atoms with van der Waals surface area (Å²) in [5.74, 6) is 0.502. The monoisotopic (exact) mass is 471 g/mol. The highest BCUT2D eigenvalue weighted by atomic mass is 32.2. The number of rotatable bonds is 7. The first-order chi connectivity index (χ1) is 16.0. The van der Waals surface area contributed by atoms with Crippen LogP contribution in [0.4, 0.5) is 5.69 Å². The standard InChI is InChI=1S/C27H25N3OS2/c1-18-8-7-9-21(14-18)17-32-27-28-16-24(33-23-10-5-4-6-11-23)25(30-27)26(31)29-22-13-12-19(2)20(3)15-22/h4-16H,17H2,1-3H3,(H,29,31). The number of carbonyl (C=O) groups is 1. The van der Waals surface area contributed by atoms with Crippen LogP contribution in [0.1, 0.15) is 32.7 Å². The summed E-state index contributed by atoms with van der Waals surface area (Å²) < 4.78 is 0. The Balaban J connectivity index is 1.60. The molecule has 0 aliphatic heterocycles. The van der Waals surface area contributed by atoms with Crippen LogP contribution in [0, 0.1) is 20.8 Å². The molecule has 0 spiro atoms. The van der Waals surface area contributed by atoms with Gasteiger partial charge in [-0.3, -0.25) is 4.79 Å². The molecule has 4 rings (SSSR count). The predicted octanol–water partition coefficient (Wildman–Crippen LogP) is 7.10. The Morgan fingerprint density at radius 2 is 1.73 bits per heavy atom. The van der Waals surface area contributed by atoms with Gasteiger partial charge in [-0.2, -0.15) is 0 Å². The number of hydrogen-bond acceptors (Lipinski definition) is 5. The molecule has 3 aromatic carbocycles. The number of anilines is 1. The summed E-state index contributed by atoms with van der Waals surface area (Å²) in [4.78, 5) is 24.2. The third-order valence-electron chi connectivity index (χ3n) is 5.13. The molecule has 0 unspecified atom stereocenters. The van der Waals surface area contributed by atoms with Crippen molar-refractivity contribution in [3.63, 3.8) is 0 Å². The van der Waals surface area contributed by atoms with E-state index in [1.54, 1.807) is 6.20 Å². The van der Waals surface area contributed by atoms with Gasteiger partial charge in [0.2, 0.25) is 0 Å². The van der Waals surface area contributed by atoms with E-state index in [9.17, 15) is 4.79 Å². The highest BCUT2D eigenvalue weighted by Gasteiger charge is 2.17. The molecule has 0 radical (unpaired) electrons. The molecule has 0 aliphatic carbocycles. The second-order valence-electron chi connectivity index (χ2n) is 7.81. The zero-order chi connectivity index (χ0) is 23.2. The van der Waals surface area contributed by atoms with Crippen LogP contribution < -0.4 is 5.32 Å². The van der Waals surface area contributed by atoms with Crippen molar-refractivity contribution in [1.82, 2.24) is 9.97 Å². The second-order valence-corrected chi connectivity index (χ2v) is 9.87. The summed E-state index contributed by atoms with van der Waals surface area (Å²) in [5, 5.41) is 3.59. The van der Waals surface area contributed by atoms with Crippen molar-refractivity contribution >= 4 is 35.1 Å². The number of benzene rings is 3. The Morgan fingerprint density at radius 1 is 0.909 bits per heavy atom. The minimum absolute atomic E-state index is 0.239. The van der Waals surface area contributed by atoms with Crippen LogP contribution in [0.25, 0.3) is 0 Å². The smallest absolute Gasteiger partial charge is 0.275 e. The molecule has 6 heteroatoms. The van der Waals surface area contributed by atoms with Gasteiger partial charge in [0.25, 0.3) is 5.91 Å². The molecule has 0 fully saturated rings. The van der Waals surface area contributed by atoms with Crippen LogP contribution in [-0.4, -0.2) is 15.9 Å². The zero-order valence-electron chi connectivity index (χ0n) is 18.8. The minimum atomic E-state index is -0.239. The highest BCUT2D eigenvalue weighted by molar-refractivity contribution is 7.99. The van der Waals surface area contributed by atoms with Crippen molar-refractivity contribution in [3.8, 4) is 0 Å². The predicted molar refractivity (Wildman–Crippen MR) is 137 cm³/mol. The topological polar surface area (TPSA) is 54.9 Å². The Hall–Kier alpha value is -3.09. The number of nitrogens with one attached hydrogen (secondary N) is 1. The fourth-order valence-electron chi connectivity index (χ4n) is 3.24. The van der Waals surface area contributed by atoms with Gasteiger partial charge in [0.1, 0.15) is 5.69 Å². The lowest BCUT2D eigenvalue weighted by Gasteiger charge is -2.11. The molecule has 1 heterocycles. The van der Waals surface area contributed by atoms with Crippen molar-refractivity contribution in [3.05, 3.63) is 107 Å². The molecule has 166 valence electrons. The molecule has 1 amide bonds. The Morgan fingerprint density at radius 3 is 2.48 bits per heavy atom. The third kappa shape index (κ3) is 6.24. The molecule has 0 aliphatic rings. The second kappa shape index (κ2) is 10.7. The van der Waals surface area contributed by atoms with E-state index in [1.807, 2.05) is 61.5 Å². The van der Waals surface area contributed by atoms with Gasteiger partial charge < -0.3 is 5.32 Å². The van der Waals surface area contributed by atoms with Gasteiger partial charge in [-0.05, 0) is 61.7 Å². The molecular weight excluding hydrogens is 446 g/mol. The highest BCUT2D eigenvalue weighted by Crippen LogP contribution is 2.31. The van der Waals surface area contributed by atoms with Gasteiger partial charge in [0.15, 0.2) is 5.16 Å². The lowest BCUT2D eigenvalue weighted by molar-refractivity contribution is 0.101. The first-order valence-corrected chi connectivity index (χ1v) is 12.4. The van der Waals surface area contributed by atoms with Gasteiger partial charge in [0, 0.05) is 22.5 Å². The minimum Gasteiger partial charge on any atom is -0.321 e. The number of aromatic nitrogens is 2. The summed E-state index contributed by atoms with van der Waals surface area (Å²) in [6, 6.07) is 24.2. The van der Waals surface area contributed by atoms with E-state index in [4.69, 9.17) is 0 Å². The van der Waals surface area contributed by atoms with Crippen molar-refractivity contribution in [2.45, 2.75) is 41.5 Å². The van der Waals surface area contributed by atoms with Crippen LogP contribution in [0.15, 0.2) is 93.9 Å². The van der Waals surface area contributed by atoms with E-state index < -0.39 is 0 Å². The summed E-state index contributed by atoms with van der Waals surface area (Å²) in [7, 11) is 0. The normalized spacial score (nSPS) is 10.8. The number of thioether (sulfide) groups is 1. The van der Waals surface area contributed by atoms with E-state index >= 15 is 0 Å². The number of nitrogens with zero attached hydrogens (tertiary/aromatic N) is 2. The van der Waals surface area contributed by atoms with Crippen LogP contribution in [0.3, 0.4) is 0 Å². The summed E-state index contributed by atoms with van der Waals surface area (Å²) in [6.07, 6.45) is 1.75. The first kappa shape index (κ1) is 23.1. The summed E-state index contributed by atoms with van der Waals surface area (Å²) in [5.41, 5.74) is 5.87. The molecular formula is C27H25N3OS2. The third-order valence-corrected chi connectivity index (χ3v) is 7.09. The van der Waals surface area contributed by atoms with E-state index in [-0.39, 0.29) is 5.91 Å². The Kier molecular flexibility index (Phi) is 7.47. The van der Waals surface area contributed by atoms with Gasteiger partial charge in [-0.25, -0.2) is 9.97 Å². The van der Waals surface area contributed by atoms with Gasteiger partial charge in [0.05, 0.1) is 4.90 Å². The number of amides is 1. The molecule has 4 aromatic rings. The molecule has 4 nitrogen and oxygen atoms in total. The van der Waals surface area contributed by atoms with Crippen molar-refractivity contribution in [2.75, 3.05) is 5.32 Å². The Labute approximate surface area is 203 Å². The van der Waals surface area contributed by atoms with Crippen molar-refractivity contribution in [2.24, 2.45) is 0 Å². The van der Waals surface area contributed by atoms with Gasteiger partial charge in [-0.1, -0.05) is 77.6 Å². The number of aryl methyl sites for hydroxylation is 3. The van der Waals surface area contributed by atoms with Crippen LogP contribution in [0.5, 0.6) is 0 Å². The van der Waals surface area contributed by atoms with Crippen molar-refractivity contribution in [1.29, 1.82) is 0 Å². The molecule has 33 heavy (non-hydrogen) atoms. The Bertz CT molecular complexity index is 1280. The molecule has 1 N–H and O–H groups in total. The largest absolute Gasteiger partial charge is 0.321 e. The number of carbonyl (C=O) groups excluding carboxylic acids is 1.